The van der Waals surface area contributed by atoms with Crippen LogP contribution in [0, 0.1) is 10.1 Å². The van der Waals surface area contributed by atoms with Crippen LogP contribution < -0.4 is 10.6 Å². The molecule has 1 saturated heterocycles. The molecule has 8 nitrogen and oxygen atoms in total. The first kappa shape index (κ1) is 21.3. The molecule has 0 radical (unpaired) electrons. The topological polar surface area (TPSA) is 90.8 Å². The summed E-state index contributed by atoms with van der Waals surface area (Å²) in [6.45, 7) is 8.90. The Bertz CT molecular complexity index is 730. The Morgan fingerprint density at radius 3 is 2.48 bits per heavy atom. The van der Waals surface area contributed by atoms with E-state index in [-0.39, 0.29) is 17.1 Å². The van der Waals surface area contributed by atoms with E-state index in [2.05, 4.69) is 15.5 Å². The number of benzene rings is 1. The molecule has 0 unspecified atom stereocenters. The van der Waals surface area contributed by atoms with Crippen LogP contribution in [0.1, 0.15) is 20.8 Å². The van der Waals surface area contributed by atoms with E-state index >= 15 is 0 Å². The number of hydrogen-bond acceptors (Lipinski definition) is 5. The van der Waals surface area contributed by atoms with Gasteiger partial charge < -0.3 is 15.5 Å². The minimum atomic E-state index is -0.480. The van der Waals surface area contributed by atoms with Gasteiger partial charge in [-0.1, -0.05) is 11.6 Å². The second kappa shape index (κ2) is 8.81. The van der Waals surface area contributed by atoms with Gasteiger partial charge in [0.15, 0.2) is 5.11 Å². The number of piperazine rings is 1. The molecule has 1 aliphatic rings. The Labute approximate surface area is 169 Å². The smallest absolute Gasteiger partial charge is 0.271 e. The van der Waals surface area contributed by atoms with Crippen LogP contribution in [0.4, 0.5) is 11.4 Å². The fraction of sp³-hybridized carbons (Fsp3) is 0.529. The molecule has 1 aliphatic heterocycles. The van der Waals surface area contributed by atoms with Gasteiger partial charge in [-0.15, -0.1) is 0 Å². The third kappa shape index (κ3) is 6.60. The van der Waals surface area contributed by atoms with Crippen LogP contribution in [0.25, 0.3) is 0 Å². The Morgan fingerprint density at radius 1 is 1.30 bits per heavy atom. The van der Waals surface area contributed by atoms with Crippen LogP contribution in [-0.2, 0) is 4.79 Å². The number of halogens is 1. The summed E-state index contributed by atoms with van der Waals surface area (Å²) in [6, 6.07) is 4.18. The summed E-state index contributed by atoms with van der Waals surface area (Å²) in [5.41, 5.74) is 0.101. The van der Waals surface area contributed by atoms with Gasteiger partial charge in [0.25, 0.3) is 5.69 Å². The maximum absolute atomic E-state index is 12.0. The minimum absolute atomic E-state index is 0.0000263. The molecule has 1 heterocycles. The highest BCUT2D eigenvalue weighted by molar-refractivity contribution is 7.80. The van der Waals surface area contributed by atoms with Crippen LogP contribution in [-0.4, -0.2) is 64.0 Å². The second-order valence-corrected chi connectivity index (χ2v) is 8.21. The van der Waals surface area contributed by atoms with Crippen LogP contribution in [0.2, 0.25) is 5.02 Å². The normalized spacial score (nSPS) is 15.3. The lowest BCUT2D eigenvalue weighted by molar-refractivity contribution is -0.384. The highest BCUT2D eigenvalue weighted by Crippen LogP contribution is 2.27. The number of non-ortho nitro benzene ring substituents is 1. The average Bonchev–Trinajstić information content (AvgIpc) is 2.55. The minimum Gasteiger partial charge on any atom is -0.350 e. The van der Waals surface area contributed by atoms with Crippen LogP contribution in [0.3, 0.4) is 0 Å². The third-order valence-electron chi connectivity index (χ3n) is 3.94. The zero-order valence-corrected chi connectivity index (χ0v) is 17.2. The molecule has 2 N–H and O–H groups in total. The van der Waals surface area contributed by atoms with Crippen molar-refractivity contribution in [2.45, 2.75) is 26.3 Å². The molecule has 0 atom stereocenters. The largest absolute Gasteiger partial charge is 0.350 e. The molecule has 0 aliphatic carbocycles. The lowest BCUT2D eigenvalue weighted by atomic mass is 10.1. The van der Waals surface area contributed by atoms with Crippen molar-refractivity contribution in [2.24, 2.45) is 0 Å². The van der Waals surface area contributed by atoms with Gasteiger partial charge in [-0.05, 0) is 39.1 Å². The lowest BCUT2D eigenvalue weighted by Crippen LogP contribution is -2.53. The molecule has 0 aromatic heterocycles. The van der Waals surface area contributed by atoms with E-state index < -0.39 is 4.92 Å². The summed E-state index contributed by atoms with van der Waals surface area (Å²) in [5, 5.41) is 17.7. The van der Waals surface area contributed by atoms with Gasteiger partial charge in [0.05, 0.1) is 22.2 Å². The van der Waals surface area contributed by atoms with Crippen molar-refractivity contribution in [1.29, 1.82) is 0 Å². The molecule has 0 spiro atoms. The Kier molecular flexibility index (Phi) is 6.96. The molecule has 148 valence electrons. The summed E-state index contributed by atoms with van der Waals surface area (Å²) < 4.78 is 0. The predicted molar refractivity (Wildman–Crippen MR) is 110 cm³/mol. The number of nitrogens with zero attached hydrogens (tertiary/aromatic N) is 3. The zero-order chi connectivity index (χ0) is 20.2. The fourth-order valence-corrected chi connectivity index (χ4v) is 3.14. The molecular weight excluding hydrogens is 390 g/mol. The van der Waals surface area contributed by atoms with Crippen LogP contribution in [0.15, 0.2) is 18.2 Å². The molecule has 0 saturated carbocycles. The maximum Gasteiger partial charge on any atom is 0.271 e. The van der Waals surface area contributed by atoms with E-state index in [1.807, 2.05) is 25.7 Å². The molecule has 0 bridgehead atoms. The van der Waals surface area contributed by atoms with E-state index in [1.54, 1.807) is 0 Å². The third-order valence-corrected chi connectivity index (χ3v) is 4.63. The summed E-state index contributed by atoms with van der Waals surface area (Å²) in [6.07, 6.45) is 0. The Morgan fingerprint density at radius 2 is 1.93 bits per heavy atom. The number of thiocarbonyl (C=S) groups is 1. The van der Waals surface area contributed by atoms with Crippen molar-refractivity contribution in [3.63, 3.8) is 0 Å². The number of hydrogen-bond donors (Lipinski definition) is 2. The second-order valence-electron chi connectivity index (χ2n) is 7.41. The molecule has 1 amide bonds. The van der Waals surface area contributed by atoms with Crippen molar-refractivity contribution < 1.29 is 9.72 Å². The fourth-order valence-electron chi connectivity index (χ4n) is 2.69. The molecule has 1 fully saturated rings. The first-order chi connectivity index (χ1) is 12.5. The van der Waals surface area contributed by atoms with Crippen molar-refractivity contribution in [1.82, 2.24) is 15.1 Å². The molecule has 10 heteroatoms. The molecular formula is C17H24ClN5O3S. The van der Waals surface area contributed by atoms with Gasteiger partial charge in [-0.2, -0.15) is 0 Å². The van der Waals surface area contributed by atoms with Crippen molar-refractivity contribution in [3.05, 3.63) is 33.3 Å². The summed E-state index contributed by atoms with van der Waals surface area (Å²) in [4.78, 5) is 26.5. The number of rotatable bonds is 4. The number of nitrogens with one attached hydrogen (secondary N) is 2. The first-order valence-corrected chi connectivity index (χ1v) is 9.37. The number of carbonyl (C=O) groups is 1. The van der Waals surface area contributed by atoms with E-state index in [1.165, 1.54) is 18.2 Å². The van der Waals surface area contributed by atoms with Crippen molar-refractivity contribution in [3.8, 4) is 0 Å². The average molecular weight is 414 g/mol. The van der Waals surface area contributed by atoms with E-state index in [0.717, 1.165) is 0 Å². The number of nitro groups is 1. The van der Waals surface area contributed by atoms with Crippen molar-refractivity contribution >= 4 is 46.2 Å². The van der Waals surface area contributed by atoms with Gasteiger partial charge in [-0.3, -0.25) is 19.8 Å². The summed E-state index contributed by atoms with van der Waals surface area (Å²) >= 11 is 11.5. The van der Waals surface area contributed by atoms with E-state index in [4.69, 9.17) is 23.8 Å². The number of amides is 1. The van der Waals surface area contributed by atoms with Gasteiger partial charge in [0.2, 0.25) is 5.91 Å². The highest BCUT2D eigenvalue weighted by atomic mass is 35.5. The molecule has 2 rings (SSSR count). The van der Waals surface area contributed by atoms with E-state index in [9.17, 15) is 14.9 Å². The molecule has 1 aromatic carbocycles. The van der Waals surface area contributed by atoms with Crippen molar-refractivity contribution in [2.75, 3.05) is 38.0 Å². The van der Waals surface area contributed by atoms with Gasteiger partial charge in [-0.25, -0.2) is 0 Å². The van der Waals surface area contributed by atoms with Gasteiger partial charge in [0, 0.05) is 43.9 Å². The number of nitro benzene ring substituents is 1. The number of carbonyl (C=O) groups excluding carboxylic acids is 1. The monoisotopic (exact) mass is 413 g/mol. The van der Waals surface area contributed by atoms with Crippen LogP contribution in [0.5, 0.6) is 0 Å². The van der Waals surface area contributed by atoms with Crippen LogP contribution >= 0.6 is 23.8 Å². The Hall–Kier alpha value is -1.97. The first-order valence-electron chi connectivity index (χ1n) is 8.58. The van der Waals surface area contributed by atoms with Gasteiger partial charge in [0.1, 0.15) is 0 Å². The SMILES string of the molecule is CC(C)(C)NC(=O)CN1CCN(C(=S)Nc2cc([N+](=O)[O-])ccc2Cl)CC1. The predicted octanol–water partition coefficient (Wildman–Crippen LogP) is 2.48. The summed E-state index contributed by atoms with van der Waals surface area (Å²) in [7, 11) is 0. The Balaban J connectivity index is 1.87. The zero-order valence-electron chi connectivity index (χ0n) is 15.6. The van der Waals surface area contributed by atoms with E-state index in [0.29, 0.717) is 48.5 Å². The number of anilines is 1. The standard InChI is InChI=1S/C17H24ClN5O3S/c1-17(2,3)20-15(24)11-21-6-8-22(9-7-21)16(27)19-14-10-12(23(25)26)4-5-13(14)18/h4-5,10H,6-9,11H2,1-3H3,(H,19,27)(H,20,24). The molecule has 1 aromatic rings. The quantitative estimate of drug-likeness (QED) is 0.445. The van der Waals surface area contributed by atoms with Gasteiger partial charge >= 0.3 is 0 Å². The summed E-state index contributed by atoms with van der Waals surface area (Å²) in [5.74, 6) is 0.0000263. The lowest BCUT2D eigenvalue weighted by Gasteiger charge is -2.36. The maximum atomic E-state index is 12.0. The highest BCUT2D eigenvalue weighted by Gasteiger charge is 2.23. The molecule has 27 heavy (non-hydrogen) atoms.